The summed E-state index contributed by atoms with van der Waals surface area (Å²) in [4.78, 5) is 4.51. The number of aryl methyl sites for hydroxylation is 2. The second-order valence-electron chi connectivity index (χ2n) is 4.73. The molecule has 3 heteroatoms. The van der Waals surface area contributed by atoms with E-state index in [1.165, 1.54) is 5.56 Å². The molecular formula is C18H16ClNO. The number of ether oxygens (including phenoxy) is 1. The van der Waals surface area contributed by atoms with Crippen LogP contribution in [0.15, 0.2) is 41.4 Å². The van der Waals surface area contributed by atoms with Gasteiger partial charge in [-0.1, -0.05) is 29.7 Å². The Labute approximate surface area is 130 Å². The Balaban J connectivity index is 2.20. The van der Waals surface area contributed by atoms with Gasteiger partial charge in [0.1, 0.15) is 12.4 Å². The van der Waals surface area contributed by atoms with E-state index in [1.54, 1.807) is 12.3 Å². The molecule has 0 amide bonds. The molecule has 2 aromatic carbocycles. The number of halogens is 1. The maximum Gasteiger partial charge on any atom is 0.148 e. The first-order chi connectivity index (χ1) is 10.1. The van der Waals surface area contributed by atoms with Gasteiger partial charge in [0.15, 0.2) is 0 Å². The average Bonchev–Trinajstić information content (AvgIpc) is 2.47. The predicted octanol–water partition coefficient (Wildman–Crippen LogP) is 4.72. The lowest BCUT2D eigenvalue weighted by Gasteiger charge is -2.05. The van der Waals surface area contributed by atoms with Gasteiger partial charge in [0, 0.05) is 6.21 Å². The van der Waals surface area contributed by atoms with Gasteiger partial charge in [-0.3, -0.25) is 4.99 Å². The highest BCUT2D eigenvalue weighted by Crippen LogP contribution is 2.25. The third-order valence-corrected chi connectivity index (χ3v) is 3.28. The van der Waals surface area contributed by atoms with E-state index in [0.717, 1.165) is 16.8 Å². The van der Waals surface area contributed by atoms with E-state index in [4.69, 9.17) is 22.8 Å². The second-order valence-corrected chi connectivity index (χ2v) is 5.14. The fourth-order valence-electron chi connectivity index (χ4n) is 1.84. The van der Waals surface area contributed by atoms with Crippen molar-refractivity contribution in [2.24, 2.45) is 4.99 Å². The van der Waals surface area contributed by atoms with Crippen LogP contribution in [0, 0.1) is 26.2 Å². The molecule has 0 unspecified atom stereocenters. The summed E-state index contributed by atoms with van der Waals surface area (Å²) in [5.74, 6) is 2.99. The normalized spacial score (nSPS) is 10.6. The molecule has 0 heterocycles. The van der Waals surface area contributed by atoms with E-state index in [0.29, 0.717) is 10.8 Å². The van der Waals surface area contributed by atoms with Crippen molar-refractivity contribution in [3.63, 3.8) is 0 Å². The summed E-state index contributed by atoms with van der Waals surface area (Å²) in [6.45, 7) is 4.29. The molecule has 0 saturated carbocycles. The maximum atomic E-state index is 6.15. The minimum Gasteiger partial charge on any atom is -0.479 e. The molecule has 0 spiro atoms. The number of benzene rings is 2. The van der Waals surface area contributed by atoms with Gasteiger partial charge in [0.2, 0.25) is 0 Å². The fourth-order valence-corrected chi connectivity index (χ4v) is 2.08. The minimum absolute atomic E-state index is 0.204. The maximum absolute atomic E-state index is 6.15. The van der Waals surface area contributed by atoms with Gasteiger partial charge in [0.05, 0.1) is 10.7 Å². The van der Waals surface area contributed by atoms with Gasteiger partial charge >= 0.3 is 0 Å². The SMILES string of the molecule is C#CCOc1ccc(C=Nc2cc(C)ccc2C)cc1Cl. The highest BCUT2D eigenvalue weighted by molar-refractivity contribution is 6.32. The van der Waals surface area contributed by atoms with Crippen molar-refractivity contribution in [1.82, 2.24) is 0 Å². The van der Waals surface area contributed by atoms with Crippen molar-refractivity contribution in [2.45, 2.75) is 13.8 Å². The third kappa shape index (κ3) is 4.11. The number of nitrogens with zero attached hydrogens (tertiary/aromatic N) is 1. The van der Waals surface area contributed by atoms with Crippen molar-refractivity contribution in [2.75, 3.05) is 6.61 Å². The Morgan fingerprint density at radius 1 is 1.24 bits per heavy atom. The van der Waals surface area contributed by atoms with Gasteiger partial charge in [-0.05, 0) is 54.8 Å². The molecule has 0 aliphatic carbocycles. The molecule has 0 aliphatic rings. The minimum atomic E-state index is 0.204. The lowest BCUT2D eigenvalue weighted by Crippen LogP contribution is -1.94. The van der Waals surface area contributed by atoms with Crippen LogP contribution in [0.3, 0.4) is 0 Å². The first kappa shape index (κ1) is 15.2. The smallest absolute Gasteiger partial charge is 0.148 e. The van der Waals surface area contributed by atoms with E-state index in [1.807, 2.05) is 26.0 Å². The summed E-state index contributed by atoms with van der Waals surface area (Å²) in [7, 11) is 0. The second kappa shape index (κ2) is 6.97. The van der Waals surface area contributed by atoms with Crippen LogP contribution >= 0.6 is 11.6 Å². The number of rotatable bonds is 4. The van der Waals surface area contributed by atoms with Crippen LogP contribution in [0.2, 0.25) is 5.02 Å². The van der Waals surface area contributed by atoms with Crippen LogP contribution in [0.1, 0.15) is 16.7 Å². The summed E-state index contributed by atoms with van der Waals surface area (Å²) < 4.78 is 5.33. The molecule has 0 aromatic heterocycles. The monoisotopic (exact) mass is 297 g/mol. The molecule has 0 bridgehead atoms. The molecule has 0 atom stereocenters. The Bertz CT molecular complexity index is 714. The molecule has 106 valence electrons. The Hall–Kier alpha value is -2.24. The predicted molar refractivity (Wildman–Crippen MR) is 89.0 cm³/mol. The van der Waals surface area contributed by atoms with Gasteiger partial charge in [0.25, 0.3) is 0 Å². The highest BCUT2D eigenvalue weighted by Gasteiger charge is 2.02. The number of terminal acetylenes is 1. The van der Waals surface area contributed by atoms with Crippen molar-refractivity contribution in [3.05, 3.63) is 58.1 Å². The molecule has 0 saturated heterocycles. The van der Waals surface area contributed by atoms with Crippen LogP contribution in [0.4, 0.5) is 5.69 Å². The molecule has 2 aromatic rings. The van der Waals surface area contributed by atoms with Crippen molar-refractivity contribution in [1.29, 1.82) is 0 Å². The van der Waals surface area contributed by atoms with Gasteiger partial charge in [-0.25, -0.2) is 0 Å². The first-order valence-corrected chi connectivity index (χ1v) is 6.95. The van der Waals surface area contributed by atoms with Crippen LogP contribution < -0.4 is 4.74 Å². The zero-order valence-electron chi connectivity index (χ0n) is 12.1. The topological polar surface area (TPSA) is 21.6 Å². The van der Waals surface area contributed by atoms with Crippen LogP contribution in [-0.2, 0) is 0 Å². The van der Waals surface area contributed by atoms with Crippen LogP contribution in [0.5, 0.6) is 5.75 Å². The molecule has 0 fully saturated rings. The lowest BCUT2D eigenvalue weighted by atomic mass is 10.1. The third-order valence-electron chi connectivity index (χ3n) is 2.98. The van der Waals surface area contributed by atoms with Crippen molar-refractivity contribution >= 4 is 23.5 Å². The van der Waals surface area contributed by atoms with E-state index in [-0.39, 0.29) is 6.61 Å². The summed E-state index contributed by atoms with van der Waals surface area (Å²) in [5, 5.41) is 0.523. The van der Waals surface area contributed by atoms with Crippen molar-refractivity contribution < 1.29 is 4.74 Å². The average molecular weight is 298 g/mol. The number of hydrogen-bond donors (Lipinski definition) is 0. The summed E-state index contributed by atoms with van der Waals surface area (Å²) in [5.41, 5.74) is 4.19. The van der Waals surface area contributed by atoms with Crippen LogP contribution in [0.25, 0.3) is 0 Å². The van der Waals surface area contributed by atoms with Crippen LogP contribution in [-0.4, -0.2) is 12.8 Å². The molecule has 0 aliphatic heterocycles. The molecule has 0 radical (unpaired) electrons. The lowest BCUT2D eigenvalue weighted by molar-refractivity contribution is 0.370. The number of aliphatic imine (C=N–C) groups is 1. The van der Waals surface area contributed by atoms with E-state index < -0.39 is 0 Å². The fraction of sp³-hybridized carbons (Fsp3) is 0.167. The Morgan fingerprint density at radius 3 is 2.76 bits per heavy atom. The highest BCUT2D eigenvalue weighted by atomic mass is 35.5. The summed E-state index contributed by atoms with van der Waals surface area (Å²) in [6.07, 6.45) is 6.95. The largest absolute Gasteiger partial charge is 0.479 e. The zero-order chi connectivity index (χ0) is 15.2. The van der Waals surface area contributed by atoms with Gasteiger partial charge in [-0.2, -0.15) is 0 Å². The van der Waals surface area contributed by atoms with E-state index in [2.05, 4.69) is 29.1 Å². The molecule has 21 heavy (non-hydrogen) atoms. The molecule has 2 nitrogen and oxygen atoms in total. The van der Waals surface area contributed by atoms with Gasteiger partial charge in [-0.15, -0.1) is 6.42 Å². The Morgan fingerprint density at radius 2 is 2.05 bits per heavy atom. The van der Waals surface area contributed by atoms with Crippen molar-refractivity contribution in [3.8, 4) is 18.1 Å². The quantitative estimate of drug-likeness (QED) is 0.591. The summed E-state index contributed by atoms with van der Waals surface area (Å²) >= 11 is 6.15. The standard InChI is InChI=1S/C18H16ClNO/c1-4-9-21-18-8-7-15(11-16(18)19)12-20-17-10-13(2)5-6-14(17)3/h1,5-8,10-12H,9H2,2-3H3. The summed E-state index contributed by atoms with van der Waals surface area (Å²) in [6, 6.07) is 11.7. The van der Waals surface area contributed by atoms with Gasteiger partial charge < -0.3 is 4.74 Å². The first-order valence-electron chi connectivity index (χ1n) is 6.57. The van der Waals surface area contributed by atoms with E-state index >= 15 is 0 Å². The number of hydrogen-bond acceptors (Lipinski definition) is 2. The molecule has 0 N–H and O–H groups in total. The van der Waals surface area contributed by atoms with E-state index in [9.17, 15) is 0 Å². The molecule has 2 rings (SSSR count). The Kier molecular flexibility index (Phi) is 5.03. The molecular weight excluding hydrogens is 282 g/mol. The zero-order valence-corrected chi connectivity index (χ0v) is 12.8.